The Kier molecular flexibility index (Phi) is 6.14. The lowest BCUT2D eigenvalue weighted by molar-refractivity contribution is -0.121. The molecule has 0 saturated heterocycles. The summed E-state index contributed by atoms with van der Waals surface area (Å²) in [6.45, 7) is 6.17. The van der Waals surface area contributed by atoms with E-state index >= 15 is 0 Å². The highest BCUT2D eigenvalue weighted by Crippen LogP contribution is 2.36. The van der Waals surface area contributed by atoms with Crippen LogP contribution in [-0.2, 0) is 4.79 Å². The Labute approximate surface area is 133 Å². The van der Waals surface area contributed by atoms with Gasteiger partial charge in [-0.15, -0.1) is 0 Å². The second-order valence-corrected chi connectivity index (χ2v) is 6.40. The molecule has 112 valence electrons. The van der Waals surface area contributed by atoms with Gasteiger partial charge in [0.15, 0.2) is 5.75 Å². The molecule has 1 aromatic rings. The molecule has 20 heavy (non-hydrogen) atoms. The number of benzene rings is 1. The maximum Gasteiger partial charge on any atom is 0.239 e. The molecule has 0 spiro atoms. The molecular formula is C14H20BrClN2O2. The molecule has 1 rings (SSSR count). The van der Waals surface area contributed by atoms with Gasteiger partial charge in [-0.2, -0.15) is 0 Å². The Morgan fingerprint density at radius 2 is 2.10 bits per heavy atom. The van der Waals surface area contributed by atoms with Crippen LogP contribution in [0.2, 0.25) is 5.02 Å². The number of methoxy groups -OCH3 is 1. The normalized spacial score (nSPS) is 11.1. The molecule has 0 aliphatic rings. The molecule has 0 heterocycles. The molecular weight excluding hydrogens is 344 g/mol. The standard InChI is InChI=1S/C14H20BrClN2O2/c1-5-14(2,3)18-12(19)8-17-11-7-9(16)6-10(15)13(11)20-4/h6-7,17H,5,8H2,1-4H3,(H,18,19). The minimum absolute atomic E-state index is 0.0741. The van der Waals surface area contributed by atoms with Gasteiger partial charge in [0.25, 0.3) is 0 Å². The molecule has 0 saturated carbocycles. The molecule has 2 N–H and O–H groups in total. The monoisotopic (exact) mass is 362 g/mol. The van der Waals surface area contributed by atoms with E-state index in [2.05, 4.69) is 26.6 Å². The van der Waals surface area contributed by atoms with E-state index in [1.165, 1.54) is 0 Å². The van der Waals surface area contributed by atoms with Crippen molar-refractivity contribution >= 4 is 39.1 Å². The van der Waals surface area contributed by atoms with Gasteiger partial charge in [0.05, 0.1) is 23.8 Å². The van der Waals surface area contributed by atoms with Gasteiger partial charge in [-0.25, -0.2) is 0 Å². The van der Waals surface area contributed by atoms with E-state index in [1.807, 2.05) is 20.8 Å². The molecule has 0 fully saturated rings. The fraction of sp³-hybridized carbons (Fsp3) is 0.500. The Morgan fingerprint density at radius 3 is 2.65 bits per heavy atom. The average molecular weight is 364 g/mol. The van der Waals surface area contributed by atoms with Crippen molar-refractivity contribution in [3.8, 4) is 5.75 Å². The summed E-state index contributed by atoms with van der Waals surface area (Å²) in [7, 11) is 1.57. The first kappa shape index (κ1) is 17.1. The van der Waals surface area contributed by atoms with Crippen molar-refractivity contribution < 1.29 is 9.53 Å². The van der Waals surface area contributed by atoms with Crippen LogP contribution in [0.1, 0.15) is 27.2 Å². The van der Waals surface area contributed by atoms with Crippen molar-refractivity contribution in [1.29, 1.82) is 0 Å². The number of carbonyl (C=O) groups is 1. The summed E-state index contributed by atoms with van der Waals surface area (Å²) in [5.74, 6) is 0.548. The van der Waals surface area contributed by atoms with Crippen LogP contribution in [-0.4, -0.2) is 25.1 Å². The number of halogens is 2. The van der Waals surface area contributed by atoms with Crippen LogP contribution < -0.4 is 15.4 Å². The van der Waals surface area contributed by atoms with Crippen molar-refractivity contribution in [3.05, 3.63) is 21.6 Å². The minimum atomic E-state index is -0.211. The third kappa shape index (κ3) is 4.87. The molecule has 0 aliphatic heterocycles. The highest BCUT2D eigenvalue weighted by atomic mass is 79.9. The van der Waals surface area contributed by atoms with Gasteiger partial charge in [0.1, 0.15) is 0 Å². The van der Waals surface area contributed by atoms with Crippen molar-refractivity contribution in [3.63, 3.8) is 0 Å². The van der Waals surface area contributed by atoms with E-state index in [0.29, 0.717) is 16.5 Å². The Balaban J connectivity index is 2.73. The van der Waals surface area contributed by atoms with Crippen LogP contribution in [0.4, 0.5) is 5.69 Å². The first-order chi connectivity index (χ1) is 9.29. The number of ether oxygens (including phenoxy) is 1. The highest BCUT2D eigenvalue weighted by molar-refractivity contribution is 9.10. The number of hydrogen-bond acceptors (Lipinski definition) is 3. The quantitative estimate of drug-likeness (QED) is 0.807. The lowest BCUT2D eigenvalue weighted by Gasteiger charge is -2.24. The molecule has 0 radical (unpaired) electrons. The number of rotatable bonds is 6. The lowest BCUT2D eigenvalue weighted by Crippen LogP contribution is -2.45. The smallest absolute Gasteiger partial charge is 0.239 e. The van der Waals surface area contributed by atoms with Crippen molar-refractivity contribution in [2.45, 2.75) is 32.7 Å². The number of nitrogens with one attached hydrogen (secondary N) is 2. The summed E-state index contributed by atoms with van der Waals surface area (Å²) in [6.07, 6.45) is 0.866. The molecule has 0 bridgehead atoms. The van der Waals surface area contributed by atoms with E-state index in [-0.39, 0.29) is 18.0 Å². The van der Waals surface area contributed by atoms with Gasteiger partial charge in [-0.1, -0.05) is 18.5 Å². The van der Waals surface area contributed by atoms with Gasteiger partial charge in [-0.3, -0.25) is 4.79 Å². The van der Waals surface area contributed by atoms with E-state index in [4.69, 9.17) is 16.3 Å². The van der Waals surface area contributed by atoms with E-state index in [9.17, 15) is 4.79 Å². The van der Waals surface area contributed by atoms with Crippen molar-refractivity contribution in [2.75, 3.05) is 19.0 Å². The zero-order valence-electron chi connectivity index (χ0n) is 12.1. The van der Waals surface area contributed by atoms with Crippen LogP contribution >= 0.6 is 27.5 Å². The SMILES string of the molecule is CCC(C)(C)NC(=O)CNc1cc(Cl)cc(Br)c1OC. The third-order valence-corrected chi connectivity index (χ3v) is 3.82. The molecule has 1 aromatic carbocycles. The predicted molar refractivity (Wildman–Crippen MR) is 86.7 cm³/mol. The van der Waals surface area contributed by atoms with Gasteiger partial charge in [-0.05, 0) is 48.3 Å². The molecule has 4 nitrogen and oxygen atoms in total. The fourth-order valence-electron chi connectivity index (χ4n) is 1.58. The summed E-state index contributed by atoms with van der Waals surface area (Å²) in [6, 6.07) is 3.47. The summed E-state index contributed by atoms with van der Waals surface area (Å²) in [4.78, 5) is 11.9. The minimum Gasteiger partial charge on any atom is -0.493 e. The van der Waals surface area contributed by atoms with E-state index < -0.39 is 0 Å². The van der Waals surface area contributed by atoms with Crippen LogP contribution in [0.5, 0.6) is 5.75 Å². The third-order valence-electron chi connectivity index (χ3n) is 3.01. The predicted octanol–water partition coefficient (Wildman–Crippen LogP) is 3.83. The Bertz CT molecular complexity index is 492. The van der Waals surface area contributed by atoms with Gasteiger partial charge in [0.2, 0.25) is 5.91 Å². The molecule has 0 aromatic heterocycles. The van der Waals surface area contributed by atoms with Gasteiger partial charge >= 0.3 is 0 Å². The number of hydrogen-bond donors (Lipinski definition) is 2. The molecule has 0 atom stereocenters. The van der Waals surface area contributed by atoms with Crippen LogP contribution in [0.25, 0.3) is 0 Å². The first-order valence-electron chi connectivity index (χ1n) is 6.37. The topological polar surface area (TPSA) is 50.4 Å². The highest BCUT2D eigenvalue weighted by Gasteiger charge is 2.18. The molecule has 0 unspecified atom stereocenters. The maximum absolute atomic E-state index is 11.9. The molecule has 6 heteroatoms. The van der Waals surface area contributed by atoms with E-state index in [1.54, 1.807) is 19.2 Å². The largest absolute Gasteiger partial charge is 0.493 e. The Hall–Kier alpha value is -0.940. The summed E-state index contributed by atoms with van der Waals surface area (Å²) < 4.78 is 6.03. The number of amides is 1. The van der Waals surface area contributed by atoms with Gasteiger partial charge in [0, 0.05) is 10.6 Å². The average Bonchev–Trinajstić information content (AvgIpc) is 2.35. The van der Waals surface area contributed by atoms with Gasteiger partial charge < -0.3 is 15.4 Å². The first-order valence-corrected chi connectivity index (χ1v) is 7.54. The summed E-state index contributed by atoms with van der Waals surface area (Å²) in [5.41, 5.74) is 0.467. The fourth-order valence-corrected chi connectivity index (χ4v) is 2.56. The second-order valence-electron chi connectivity index (χ2n) is 5.11. The van der Waals surface area contributed by atoms with Crippen molar-refractivity contribution in [2.24, 2.45) is 0 Å². The second kappa shape index (κ2) is 7.18. The van der Waals surface area contributed by atoms with Crippen LogP contribution in [0.3, 0.4) is 0 Å². The summed E-state index contributed by atoms with van der Waals surface area (Å²) in [5, 5.41) is 6.56. The zero-order chi connectivity index (χ0) is 15.3. The lowest BCUT2D eigenvalue weighted by atomic mass is 10.0. The van der Waals surface area contributed by atoms with E-state index in [0.717, 1.165) is 10.9 Å². The van der Waals surface area contributed by atoms with Crippen LogP contribution in [0, 0.1) is 0 Å². The number of carbonyl (C=O) groups excluding carboxylic acids is 1. The number of anilines is 1. The maximum atomic E-state index is 11.9. The molecule has 1 amide bonds. The van der Waals surface area contributed by atoms with Crippen molar-refractivity contribution in [1.82, 2.24) is 5.32 Å². The zero-order valence-corrected chi connectivity index (χ0v) is 14.5. The van der Waals surface area contributed by atoms with Crippen LogP contribution in [0.15, 0.2) is 16.6 Å². The Morgan fingerprint density at radius 1 is 1.45 bits per heavy atom. The summed E-state index contributed by atoms with van der Waals surface area (Å²) >= 11 is 9.37. The molecule has 0 aliphatic carbocycles.